The number of nitrogens with zero attached hydrogens (tertiary/aromatic N) is 1. The van der Waals surface area contributed by atoms with Crippen LogP contribution in [0.25, 0.3) is 22.1 Å². The topological polar surface area (TPSA) is 33.5 Å². The molecule has 3 rings (SSSR count). The van der Waals surface area contributed by atoms with Gasteiger partial charge in [-0.05, 0) is 49.7 Å². The van der Waals surface area contributed by atoms with Crippen LogP contribution >= 0.6 is 11.6 Å². The van der Waals surface area contributed by atoms with Crippen LogP contribution in [0.2, 0.25) is 5.02 Å². The van der Waals surface area contributed by atoms with Crippen molar-refractivity contribution in [1.82, 2.24) is 0 Å². The van der Waals surface area contributed by atoms with Crippen molar-refractivity contribution in [2.45, 2.75) is 13.8 Å². The van der Waals surface area contributed by atoms with E-state index >= 15 is 0 Å². The van der Waals surface area contributed by atoms with E-state index in [9.17, 15) is 4.79 Å². The molecule has 0 unspecified atom stereocenters. The first kappa shape index (κ1) is 15.6. The Balaban J connectivity index is 2.13. The minimum atomic E-state index is -0.350. The number of benzene rings is 2. The van der Waals surface area contributed by atoms with Gasteiger partial charge < -0.3 is 9.32 Å². The molecular weight excluding hydrogens is 310 g/mol. The van der Waals surface area contributed by atoms with Gasteiger partial charge in [0.1, 0.15) is 5.58 Å². The molecule has 0 atom stereocenters. The molecule has 4 heteroatoms. The van der Waals surface area contributed by atoms with E-state index < -0.39 is 0 Å². The monoisotopic (exact) mass is 327 g/mol. The molecule has 0 radical (unpaired) electrons. The third kappa shape index (κ3) is 3.10. The Morgan fingerprint density at radius 3 is 2.52 bits per heavy atom. The normalized spacial score (nSPS) is 10.9. The fraction of sp³-hybridized carbons (Fsp3) is 0.211. The zero-order chi connectivity index (χ0) is 16.4. The molecule has 0 amide bonds. The molecule has 0 spiro atoms. The second-order valence-electron chi connectivity index (χ2n) is 5.35. The molecule has 2 aromatic carbocycles. The number of anilines is 1. The molecule has 0 saturated carbocycles. The van der Waals surface area contributed by atoms with Crippen molar-refractivity contribution >= 4 is 28.3 Å². The smallest absolute Gasteiger partial charge is 0.344 e. The van der Waals surface area contributed by atoms with Gasteiger partial charge in [-0.1, -0.05) is 23.7 Å². The predicted octanol–water partition coefficient (Wildman–Crippen LogP) is 4.96. The van der Waals surface area contributed by atoms with Crippen LogP contribution in [0.4, 0.5) is 5.69 Å². The summed E-state index contributed by atoms with van der Waals surface area (Å²) in [5, 5.41) is 1.49. The maximum absolute atomic E-state index is 12.3. The van der Waals surface area contributed by atoms with Gasteiger partial charge in [-0.15, -0.1) is 0 Å². The second-order valence-corrected chi connectivity index (χ2v) is 5.79. The number of halogens is 1. The molecule has 1 aromatic heterocycles. The molecule has 1 heterocycles. The lowest BCUT2D eigenvalue weighted by molar-refractivity contribution is 0.563. The Hall–Kier alpha value is -2.26. The summed E-state index contributed by atoms with van der Waals surface area (Å²) < 4.78 is 5.54. The van der Waals surface area contributed by atoms with Gasteiger partial charge in [0.05, 0.1) is 5.56 Å². The lowest BCUT2D eigenvalue weighted by Crippen LogP contribution is -2.21. The summed E-state index contributed by atoms with van der Waals surface area (Å²) in [5.41, 5.74) is 2.60. The largest absolute Gasteiger partial charge is 0.422 e. The molecular formula is C19H18ClNO2. The van der Waals surface area contributed by atoms with Crippen molar-refractivity contribution in [3.05, 3.63) is 64.0 Å². The van der Waals surface area contributed by atoms with E-state index in [-0.39, 0.29) is 5.63 Å². The van der Waals surface area contributed by atoms with Crippen LogP contribution in [0.5, 0.6) is 0 Å². The van der Waals surface area contributed by atoms with Gasteiger partial charge in [-0.2, -0.15) is 0 Å². The van der Waals surface area contributed by atoms with Crippen LogP contribution in [0.3, 0.4) is 0 Å². The number of hydrogen-bond acceptors (Lipinski definition) is 3. The van der Waals surface area contributed by atoms with Crippen molar-refractivity contribution in [2.24, 2.45) is 0 Å². The number of rotatable bonds is 4. The summed E-state index contributed by atoms with van der Waals surface area (Å²) in [5.74, 6) is 0. The van der Waals surface area contributed by atoms with E-state index in [0.29, 0.717) is 16.2 Å². The molecule has 3 nitrogen and oxygen atoms in total. The lowest BCUT2D eigenvalue weighted by atomic mass is 10.1. The highest BCUT2D eigenvalue weighted by Gasteiger charge is 2.10. The first-order valence-electron chi connectivity index (χ1n) is 7.71. The molecule has 0 saturated heterocycles. The van der Waals surface area contributed by atoms with Crippen molar-refractivity contribution in [2.75, 3.05) is 18.0 Å². The molecule has 0 N–H and O–H groups in total. The predicted molar refractivity (Wildman–Crippen MR) is 96.5 cm³/mol. The first-order chi connectivity index (χ1) is 11.1. The summed E-state index contributed by atoms with van der Waals surface area (Å²) in [6.07, 6.45) is 0. The molecule has 0 aliphatic carbocycles. The summed E-state index contributed by atoms with van der Waals surface area (Å²) in [6.45, 7) is 6.03. The van der Waals surface area contributed by atoms with E-state index in [1.165, 1.54) is 0 Å². The average Bonchev–Trinajstić information content (AvgIpc) is 2.55. The Morgan fingerprint density at radius 2 is 1.83 bits per heavy atom. The highest BCUT2D eigenvalue weighted by Crippen LogP contribution is 2.26. The molecule has 0 bridgehead atoms. The van der Waals surface area contributed by atoms with Crippen LogP contribution in [-0.2, 0) is 0 Å². The maximum atomic E-state index is 12.3. The lowest BCUT2D eigenvalue weighted by Gasteiger charge is -2.21. The highest BCUT2D eigenvalue weighted by molar-refractivity contribution is 6.30. The zero-order valence-corrected chi connectivity index (χ0v) is 13.9. The van der Waals surface area contributed by atoms with Crippen molar-refractivity contribution in [3.63, 3.8) is 0 Å². The first-order valence-corrected chi connectivity index (χ1v) is 8.09. The standard InChI is InChI=1S/C19H18ClNO2/c1-3-21(4-2)16-9-8-14-11-17(19(22)23-18(14)12-16)13-6-5-7-15(20)10-13/h5-12H,3-4H2,1-2H3. The Labute approximate surface area is 140 Å². The van der Waals surface area contributed by atoms with Crippen LogP contribution in [0.15, 0.2) is 57.7 Å². The van der Waals surface area contributed by atoms with Crippen molar-refractivity contribution < 1.29 is 4.42 Å². The average molecular weight is 328 g/mol. The van der Waals surface area contributed by atoms with E-state index in [4.69, 9.17) is 16.0 Å². The highest BCUT2D eigenvalue weighted by atomic mass is 35.5. The summed E-state index contributed by atoms with van der Waals surface area (Å²) in [4.78, 5) is 14.6. The third-order valence-electron chi connectivity index (χ3n) is 3.98. The van der Waals surface area contributed by atoms with Crippen molar-refractivity contribution in [3.8, 4) is 11.1 Å². The van der Waals surface area contributed by atoms with Crippen LogP contribution in [0, 0.1) is 0 Å². The van der Waals surface area contributed by atoms with Crippen LogP contribution in [-0.4, -0.2) is 13.1 Å². The van der Waals surface area contributed by atoms with Crippen LogP contribution < -0.4 is 10.5 Å². The van der Waals surface area contributed by atoms with Gasteiger partial charge in [0.2, 0.25) is 0 Å². The van der Waals surface area contributed by atoms with Gasteiger partial charge in [-0.25, -0.2) is 4.79 Å². The molecule has 0 fully saturated rings. The van der Waals surface area contributed by atoms with Gasteiger partial charge in [0.25, 0.3) is 0 Å². The number of fused-ring (bicyclic) bond motifs is 1. The molecule has 0 aliphatic rings. The Morgan fingerprint density at radius 1 is 1.04 bits per heavy atom. The number of hydrogen-bond donors (Lipinski definition) is 0. The zero-order valence-electron chi connectivity index (χ0n) is 13.2. The fourth-order valence-corrected chi connectivity index (χ4v) is 2.93. The van der Waals surface area contributed by atoms with Gasteiger partial charge in [0, 0.05) is 35.3 Å². The minimum absolute atomic E-state index is 0.350. The molecule has 0 aliphatic heterocycles. The van der Waals surface area contributed by atoms with Crippen LogP contribution in [0.1, 0.15) is 13.8 Å². The minimum Gasteiger partial charge on any atom is -0.422 e. The van der Waals surface area contributed by atoms with E-state index in [1.807, 2.05) is 30.3 Å². The van der Waals surface area contributed by atoms with E-state index in [1.54, 1.807) is 12.1 Å². The summed E-state index contributed by atoms with van der Waals surface area (Å²) in [7, 11) is 0. The molecule has 23 heavy (non-hydrogen) atoms. The molecule has 118 valence electrons. The second kappa shape index (κ2) is 6.47. The Bertz CT molecular complexity index is 897. The quantitative estimate of drug-likeness (QED) is 0.635. The summed E-state index contributed by atoms with van der Waals surface area (Å²) in [6, 6.07) is 15.0. The van der Waals surface area contributed by atoms with Crippen molar-refractivity contribution in [1.29, 1.82) is 0 Å². The van der Waals surface area contributed by atoms with Gasteiger partial charge >= 0.3 is 5.63 Å². The van der Waals surface area contributed by atoms with E-state index in [0.717, 1.165) is 29.7 Å². The fourth-order valence-electron chi connectivity index (χ4n) is 2.74. The maximum Gasteiger partial charge on any atom is 0.344 e. The van der Waals surface area contributed by atoms with Gasteiger partial charge in [0.15, 0.2) is 0 Å². The molecule has 3 aromatic rings. The van der Waals surface area contributed by atoms with Gasteiger partial charge in [-0.3, -0.25) is 0 Å². The SMILES string of the molecule is CCN(CC)c1ccc2cc(-c3cccc(Cl)c3)c(=O)oc2c1. The summed E-state index contributed by atoms with van der Waals surface area (Å²) >= 11 is 6.01. The Kier molecular flexibility index (Phi) is 4.39. The third-order valence-corrected chi connectivity index (χ3v) is 4.22. The van der Waals surface area contributed by atoms with E-state index in [2.05, 4.69) is 24.8 Å².